The van der Waals surface area contributed by atoms with Gasteiger partial charge in [-0.25, -0.2) is 4.79 Å². The second-order valence-corrected chi connectivity index (χ2v) is 7.74. The topological polar surface area (TPSA) is 54.9 Å². The van der Waals surface area contributed by atoms with Crippen molar-refractivity contribution in [3.63, 3.8) is 0 Å². The Kier molecular flexibility index (Phi) is 5.54. The van der Waals surface area contributed by atoms with Gasteiger partial charge in [-0.2, -0.15) is 0 Å². The first-order valence-corrected chi connectivity index (χ1v) is 10.2. The van der Waals surface area contributed by atoms with Crippen LogP contribution < -0.4 is 5.69 Å². The molecule has 31 heavy (non-hydrogen) atoms. The summed E-state index contributed by atoms with van der Waals surface area (Å²) >= 11 is 0. The number of imidazole rings is 1. The third-order valence-electron chi connectivity index (χ3n) is 5.59. The third kappa shape index (κ3) is 4.33. The molecular weight excluding hydrogens is 384 g/mol. The highest BCUT2D eigenvalue weighted by atomic mass is 16.1. The Balaban J connectivity index is 1.65. The van der Waals surface area contributed by atoms with E-state index in [1.807, 2.05) is 36.4 Å². The number of nitrogens with one attached hydrogen (secondary N) is 1. The van der Waals surface area contributed by atoms with Crippen molar-refractivity contribution in [1.82, 2.24) is 9.55 Å². The molecule has 0 radical (unpaired) electrons. The van der Waals surface area contributed by atoms with Crippen LogP contribution in [0.15, 0.2) is 83.8 Å². The summed E-state index contributed by atoms with van der Waals surface area (Å²) in [6, 6.07) is 20.9. The normalized spacial score (nSPS) is 11.2. The van der Waals surface area contributed by atoms with E-state index in [1.54, 1.807) is 36.5 Å². The fourth-order valence-electron chi connectivity index (χ4n) is 3.57. The molecule has 4 nitrogen and oxygen atoms in total. The summed E-state index contributed by atoms with van der Waals surface area (Å²) in [5, 5.41) is 0. The van der Waals surface area contributed by atoms with Crippen molar-refractivity contribution in [2.75, 3.05) is 0 Å². The molecule has 0 unspecified atom stereocenters. The quantitative estimate of drug-likeness (QED) is 0.342. The van der Waals surface area contributed by atoms with Crippen molar-refractivity contribution in [2.45, 2.75) is 20.8 Å². The van der Waals surface area contributed by atoms with E-state index in [9.17, 15) is 9.59 Å². The fourth-order valence-corrected chi connectivity index (χ4v) is 3.57. The Morgan fingerprint density at radius 2 is 1.61 bits per heavy atom. The molecule has 154 valence electrons. The van der Waals surface area contributed by atoms with Crippen LogP contribution in [0.2, 0.25) is 0 Å². The van der Waals surface area contributed by atoms with Crippen LogP contribution >= 0.6 is 0 Å². The summed E-state index contributed by atoms with van der Waals surface area (Å²) < 4.78 is 1.54. The van der Waals surface area contributed by atoms with E-state index in [1.165, 1.54) is 21.3 Å². The minimum atomic E-state index is -0.240. The molecule has 0 amide bonds. The molecule has 1 N–H and O–H groups in total. The predicted molar refractivity (Wildman–Crippen MR) is 126 cm³/mol. The monoisotopic (exact) mass is 408 g/mol. The molecule has 0 atom stereocenters. The minimum absolute atomic E-state index is 0.112. The number of hydrogen-bond donors (Lipinski definition) is 1. The first-order valence-electron chi connectivity index (χ1n) is 10.2. The first-order chi connectivity index (χ1) is 14.9. The minimum Gasteiger partial charge on any atom is -0.305 e. The van der Waals surface area contributed by atoms with E-state index >= 15 is 0 Å². The Labute approximate surface area is 181 Å². The molecule has 3 aromatic carbocycles. The Bertz CT molecular complexity index is 1320. The number of nitrogens with zero attached hydrogens (tertiary/aromatic N) is 1. The smallest absolute Gasteiger partial charge is 0.305 e. The number of aromatic nitrogens is 2. The second-order valence-electron chi connectivity index (χ2n) is 7.74. The lowest BCUT2D eigenvalue weighted by Crippen LogP contribution is -2.14. The van der Waals surface area contributed by atoms with Gasteiger partial charge in [0.15, 0.2) is 5.78 Å². The van der Waals surface area contributed by atoms with Crippen LogP contribution in [0.5, 0.6) is 0 Å². The molecule has 0 saturated heterocycles. The predicted octanol–water partition coefficient (Wildman–Crippen LogP) is 5.65. The second kappa shape index (κ2) is 8.44. The number of ketones is 1. The molecule has 0 aliphatic carbocycles. The first kappa shape index (κ1) is 20.4. The van der Waals surface area contributed by atoms with Gasteiger partial charge in [-0.3, -0.25) is 9.36 Å². The largest absolute Gasteiger partial charge is 0.330 e. The van der Waals surface area contributed by atoms with Crippen molar-refractivity contribution in [1.29, 1.82) is 0 Å². The van der Waals surface area contributed by atoms with E-state index in [0.717, 1.165) is 16.8 Å². The SMILES string of the molecule is Cc1cc(-c2cn(-c3cccc(C(=O)/C=C/c4ccccc4)c3)c(=O)[nH]2)cc(C)c1C. The van der Waals surface area contributed by atoms with Gasteiger partial charge in [0.05, 0.1) is 11.4 Å². The number of carbonyl (C=O) groups is 1. The lowest BCUT2D eigenvalue weighted by molar-refractivity contribution is 0.104. The summed E-state index contributed by atoms with van der Waals surface area (Å²) in [7, 11) is 0. The van der Waals surface area contributed by atoms with Crippen molar-refractivity contribution >= 4 is 11.9 Å². The molecule has 4 heteroatoms. The fraction of sp³-hybridized carbons (Fsp3) is 0.111. The van der Waals surface area contributed by atoms with Crippen LogP contribution in [0.3, 0.4) is 0 Å². The van der Waals surface area contributed by atoms with Crippen LogP contribution in [0.4, 0.5) is 0 Å². The average Bonchev–Trinajstić information content (AvgIpc) is 3.18. The van der Waals surface area contributed by atoms with Crippen molar-refractivity contribution in [2.24, 2.45) is 0 Å². The number of allylic oxidation sites excluding steroid dienone is 1. The van der Waals surface area contributed by atoms with E-state index in [2.05, 4.69) is 37.9 Å². The van der Waals surface area contributed by atoms with Gasteiger partial charge in [0.2, 0.25) is 0 Å². The molecule has 0 aliphatic heterocycles. The van der Waals surface area contributed by atoms with E-state index in [4.69, 9.17) is 0 Å². The van der Waals surface area contributed by atoms with Gasteiger partial charge in [0, 0.05) is 17.3 Å². The molecule has 0 spiro atoms. The Morgan fingerprint density at radius 1 is 0.903 bits per heavy atom. The lowest BCUT2D eigenvalue weighted by atomic mass is 9.99. The zero-order valence-electron chi connectivity index (χ0n) is 17.8. The standard InChI is InChI=1S/C27H24N2O2/c1-18-14-23(15-19(2)20(18)3)25-17-29(27(31)28-25)24-11-7-10-22(16-24)26(30)13-12-21-8-5-4-6-9-21/h4-17H,1-3H3,(H,28,31)/b13-12+. The average molecular weight is 409 g/mol. The molecule has 4 rings (SSSR count). The van der Waals surface area contributed by atoms with Crippen molar-refractivity contribution in [3.8, 4) is 16.9 Å². The molecule has 1 aromatic heterocycles. The van der Waals surface area contributed by atoms with Crippen LogP contribution in [-0.2, 0) is 0 Å². The van der Waals surface area contributed by atoms with Gasteiger partial charge in [-0.15, -0.1) is 0 Å². The maximum Gasteiger partial charge on any atom is 0.330 e. The van der Waals surface area contributed by atoms with Crippen molar-refractivity contribution in [3.05, 3.63) is 117 Å². The van der Waals surface area contributed by atoms with Crippen LogP contribution in [-0.4, -0.2) is 15.3 Å². The summed E-state index contributed by atoms with van der Waals surface area (Å²) in [6.45, 7) is 6.23. The molecule has 0 saturated carbocycles. The van der Waals surface area contributed by atoms with Gasteiger partial charge in [-0.05, 0) is 73.4 Å². The number of H-pyrrole nitrogens is 1. The van der Waals surface area contributed by atoms with Gasteiger partial charge in [-0.1, -0.05) is 48.5 Å². The summed E-state index contributed by atoms with van der Waals surface area (Å²) in [6.07, 6.45) is 5.13. The molecule has 0 aliphatic rings. The summed E-state index contributed by atoms with van der Waals surface area (Å²) in [5.74, 6) is -0.112. The molecular formula is C27H24N2O2. The van der Waals surface area contributed by atoms with Crippen LogP contribution in [0.25, 0.3) is 23.0 Å². The highest BCUT2D eigenvalue weighted by Crippen LogP contribution is 2.23. The van der Waals surface area contributed by atoms with E-state index < -0.39 is 0 Å². The number of hydrogen-bond acceptors (Lipinski definition) is 2. The van der Waals surface area contributed by atoms with Crippen molar-refractivity contribution < 1.29 is 4.79 Å². The van der Waals surface area contributed by atoms with Gasteiger partial charge in [0.25, 0.3) is 0 Å². The molecule has 1 heterocycles. The van der Waals surface area contributed by atoms with Crippen LogP contribution in [0.1, 0.15) is 32.6 Å². The molecule has 0 fully saturated rings. The van der Waals surface area contributed by atoms with Gasteiger partial charge in [0.1, 0.15) is 0 Å². The number of benzene rings is 3. The maximum atomic E-state index is 12.7. The summed E-state index contributed by atoms with van der Waals surface area (Å²) in [4.78, 5) is 28.2. The lowest BCUT2D eigenvalue weighted by Gasteiger charge is -2.07. The van der Waals surface area contributed by atoms with E-state index in [0.29, 0.717) is 11.3 Å². The maximum absolute atomic E-state index is 12.7. The zero-order chi connectivity index (χ0) is 22.0. The van der Waals surface area contributed by atoms with Crippen LogP contribution in [0, 0.1) is 20.8 Å². The zero-order valence-corrected chi connectivity index (χ0v) is 17.8. The number of carbonyl (C=O) groups excluding carboxylic acids is 1. The highest BCUT2D eigenvalue weighted by Gasteiger charge is 2.11. The van der Waals surface area contributed by atoms with E-state index in [-0.39, 0.29) is 11.5 Å². The number of aromatic amines is 1. The number of rotatable bonds is 5. The van der Waals surface area contributed by atoms with Gasteiger partial charge < -0.3 is 4.98 Å². The molecule has 4 aromatic rings. The third-order valence-corrected chi connectivity index (χ3v) is 5.59. The Morgan fingerprint density at radius 3 is 2.32 bits per heavy atom. The Hall–Kier alpha value is -3.92. The highest BCUT2D eigenvalue weighted by molar-refractivity contribution is 6.07. The number of aryl methyl sites for hydroxylation is 2. The van der Waals surface area contributed by atoms with Gasteiger partial charge >= 0.3 is 5.69 Å². The molecule has 0 bridgehead atoms. The summed E-state index contributed by atoms with van der Waals surface area (Å²) in [5.41, 5.74) is 7.22.